The monoisotopic (exact) mass is 404 g/mol. The second-order valence-electron chi connectivity index (χ2n) is 6.52. The van der Waals surface area contributed by atoms with Crippen LogP contribution in [0.4, 0.5) is 10.9 Å². The smallest absolute Gasteiger partial charge is 0.188 e. The summed E-state index contributed by atoms with van der Waals surface area (Å²) in [5, 5.41) is 4.44. The van der Waals surface area contributed by atoms with Gasteiger partial charge in [-0.1, -0.05) is 53.9 Å². The number of thiazole rings is 1. The molecule has 1 aromatic carbocycles. The lowest BCUT2D eigenvalue weighted by Crippen LogP contribution is -2.38. The molecule has 1 aromatic heterocycles. The van der Waals surface area contributed by atoms with Crippen molar-refractivity contribution in [1.29, 1.82) is 0 Å². The SMILES string of the molecule is S=C(NCc1ccccc1)c1sc(N2CCOCC2)nc1N1CCOCC1. The molecule has 0 bridgehead atoms. The second kappa shape index (κ2) is 8.97. The highest BCUT2D eigenvalue weighted by molar-refractivity contribution is 7.81. The summed E-state index contributed by atoms with van der Waals surface area (Å²) in [7, 11) is 0. The maximum absolute atomic E-state index is 5.75. The third-order valence-electron chi connectivity index (χ3n) is 4.69. The molecule has 2 aliphatic rings. The number of morpholine rings is 2. The van der Waals surface area contributed by atoms with Crippen LogP contribution in [-0.4, -0.2) is 62.6 Å². The van der Waals surface area contributed by atoms with E-state index in [1.54, 1.807) is 11.3 Å². The minimum absolute atomic E-state index is 0.715. The first-order valence-corrected chi connectivity index (χ1v) is 10.5. The summed E-state index contributed by atoms with van der Waals surface area (Å²) in [4.78, 5) is 11.4. The molecule has 2 aliphatic heterocycles. The van der Waals surface area contributed by atoms with Crippen molar-refractivity contribution in [3.63, 3.8) is 0 Å². The topological polar surface area (TPSA) is 49.9 Å². The third kappa shape index (κ3) is 4.57. The Kier molecular flexibility index (Phi) is 6.18. The summed E-state index contributed by atoms with van der Waals surface area (Å²) in [6.45, 7) is 7.12. The van der Waals surface area contributed by atoms with Gasteiger partial charge in [-0.3, -0.25) is 0 Å². The Morgan fingerprint density at radius 3 is 2.30 bits per heavy atom. The predicted octanol–water partition coefficient (Wildman–Crippen LogP) is 2.28. The van der Waals surface area contributed by atoms with E-state index in [9.17, 15) is 0 Å². The molecule has 2 saturated heterocycles. The zero-order valence-electron chi connectivity index (χ0n) is 15.2. The molecule has 144 valence electrons. The maximum atomic E-state index is 5.75. The zero-order chi connectivity index (χ0) is 18.5. The van der Waals surface area contributed by atoms with Crippen molar-refractivity contribution in [3.05, 3.63) is 40.8 Å². The second-order valence-corrected chi connectivity index (χ2v) is 7.90. The molecular formula is C19H24N4O2S2. The number of nitrogens with one attached hydrogen (secondary N) is 1. The molecule has 0 spiro atoms. The largest absolute Gasteiger partial charge is 0.378 e. The van der Waals surface area contributed by atoms with Gasteiger partial charge in [-0.25, -0.2) is 4.98 Å². The van der Waals surface area contributed by atoms with Crippen LogP contribution in [0.15, 0.2) is 30.3 Å². The fourth-order valence-electron chi connectivity index (χ4n) is 3.19. The number of rotatable bonds is 5. The zero-order valence-corrected chi connectivity index (χ0v) is 16.9. The van der Waals surface area contributed by atoms with Crippen LogP contribution in [0.25, 0.3) is 0 Å². The Balaban J connectivity index is 1.54. The van der Waals surface area contributed by atoms with Crippen LogP contribution in [0.3, 0.4) is 0 Å². The van der Waals surface area contributed by atoms with E-state index < -0.39 is 0 Å². The fraction of sp³-hybridized carbons (Fsp3) is 0.474. The van der Waals surface area contributed by atoms with Crippen LogP contribution >= 0.6 is 23.6 Å². The minimum atomic E-state index is 0.715. The van der Waals surface area contributed by atoms with Crippen molar-refractivity contribution < 1.29 is 9.47 Å². The number of hydrogen-bond acceptors (Lipinski definition) is 7. The molecule has 0 saturated carbocycles. The number of thiocarbonyl (C=S) groups is 1. The van der Waals surface area contributed by atoms with Crippen LogP contribution in [0.1, 0.15) is 10.4 Å². The van der Waals surface area contributed by atoms with Gasteiger partial charge < -0.3 is 24.6 Å². The van der Waals surface area contributed by atoms with Crippen molar-refractivity contribution in [2.45, 2.75) is 6.54 Å². The van der Waals surface area contributed by atoms with Crippen molar-refractivity contribution in [2.24, 2.45) is 0 Å². The summed E-state index contributed by atoms with van der Waals surface area (Å²) in [5.74, 6) is 0.982. The molecule has 0 radical (unpaired) electrons. The predicted molar refractivity (Wildman–Crippen MR) is 113 cm³/mol. The average molecular weight is 405 g/mol. The Labute approximate surface area is 169 Å². The van der Waals surface area contributed by atoms with E-state index in [1.165, 1.54) is 5.56 Å². The van der Waals surface area contributed by atoms with E-state index in [-0.39, 0.29) is 0 Å². The van der Waals surface area contributed by atoms with Crippen molar-refractivity contribution in [3.8, 4) is 0 Å². The van der Waals surface area contributed by atoms with E-state index in [0.29, 0.717) is 6.54 Å². The molecular weight excluding hydrogens is 380 g/mol. The summed E-state index contributed by atoms with van der Waals surface area (Å²) in [5.41, 5.74) is 1.21. The van der Waals surface area contributed by atoms with Crippen molar-refractivity contribution in [1.82, 2.24) is 10.3 Å². The van der Waals surface area contributed by atoms with Gasteiger partial charge in [0.15, 0.2) is 10.9 Å². The first-order chi connectivity index (χ1) is 13.3. The standard InChI is InChI=1S/C19H24N4O2S2/c26-18(20-14-15-4-2-1-3-5-15)16-17(22-6-10-24-11-7-22)21-19(27-16)23-8-12-25-13-9-23/h1-5H,6-14H2,(H,20,26). The summed E-state index contributed by atoms with van der Waals surface area (Å²) < 4.78 is 11.0. The van der Waals surface area contributed by atoms with Gasteiger partial charge in [-0.05, 0) is 5.56 Å². The van der Waals surface area contributed by atoms with Crippen LogP contribution in [0.2, 0.25) is 0 Å². The molecule has 27 heavy (non-hydrogen) atoms. The van der Waals surface area contributed by atoms with E-state index in [1.807, 2.05) is 18.2 Å². The lowest BCUT2D eigenvalue weighted by atomic mass is 10.2. The molecule has 4 rings (SSSR count). The Hall–Kier alpha value is -1.74. The Bertz CT molecular complexity index is 756. The minimum Gasteiger partial charge on any atom is -0.378 e. The van der Waals surface area contributed by atoms with Gasteiger partial charge in [0.05, 0.1) is 26.4 Å². The third-order valence-corrected chi connectivity index (χ3v) is 6.29. The van der Waals surface area contributed by atoms with E-state index in [0.717, 1.165) is 73.4 Å². The molecule has 6 nitrogen and oxygen atoms in total. The summed E-state index contributed by atoms with van der Waals surface area (Å²) >= 11 is 7.43. The number of hydrogen-bond donors (Lipinski definition) is 1. The van der Waals surface area contributed by atoms with Gasteiger partial charge in [0.25, 0.3) is 0 Å². The fourth-order valence-corrected chi connectivity index (χ4v) is 4.53. The quantitative estimate of drug-likeness (QED) is 0.767. The van der Waals surface area contributed by atoms with Crippen LogP contribution < -0.4 is 15.1 Å². The van der Waals surface area contributed by atoms with E-state index in [4.69, 9.17) is 26.7 Å². The molecule has 2 fully saturated rings. The summed E-state index contributed by atoms with van der Waals surface area (Å²) in [6.07, 6.45) is 0. The number of ether oxygens (including phenoxy) is 2. The first kappa shape index (κ1) is 18.6. The van der Waals surface area contributed by atoms with Crippen LogP contribution in [0, 0.1) is 0 Å². The Morgan fingerprint density at radius 2 is 1.63 bits per heavy atom. The molecule has 0 amide bonds. The van der Waals surface area contributed by atoms with Crippen molar-refractivity contribution >= 4 is 39.5 Å². The number of benzene rings is 1. The highest BCUT2D eigenvalue weighted by Crippen LogP contribution is 2.33. The van der Waals surface area contributed by atoms with Gasteiger partial charge in [-0.15, -0.1) is 0 Å². The lowest BCUT2D eigenvalue weighted by molar-refractivity contribution is 0.122. The number of anilines is 2. The highest BCUT2D eigenvalue weighted by atomic mass is 32.1. The molecule has 8 heteroatoms. The molecule has 0 atom stereocenters. The Morgan fingerprint density at radius 1 is 1.00 bits per heavy atom. The average Bonchev–Trinajstić information content (AvgIpc) is 3.20. The molecule has 0 aliphatic carbocycles. The van der Waals surface area contributed by atoms with Gasteiger partial charge in [0.1, 0.15) is 9.87 Å². The van der Waals surface area contributed by atoms with Crippen LogP contribution in [0.5, 0.6) is 0 Å². The van der Waals surface area contributed by atoms with E-state index in [2.05, 4.69) is 27.2 Å². The van der Waals surface area contributed by atoms with Gasteiger partial charge >= 0.3 is 0 Å². The highest BCUT2D eigenvalue weighted by Gasteiger charge is 2.25. The molecule has 1 N–H and O–H groups in total. The number of aromatic nitrogens is 1. The van der Waals surface area contributed by atoms with Gasteiger partial charge in [0.2, 0.25) is 0 Å². The summed E-state index contributed by atoms with van der Waals surface area (Å²) in [6, 6.07) is 10.3. The maximum Gasteiger partial charge on any atom is 0.188 e. The molecule has 3 heterocycles. The lowest BCUT2D eigenvalue weighted by Gasteiger charge is -2.28. The molecule has 0 unspecified atom stereocenters. The van der Waals surface area contributed by atoms with E-state index >= 15 is 0 Å². The normalized spacial score (nSPS) is 17.8. The first-order valence-electron chi connectivity index (χ1n) is 9.29. The van der Waals surface area contributed by atoms with Gasteiger partial charge in [0, 0.05) is 32.7 Å². The van der Waals surface area contributed by atoms with Gasteiger partial charge in [-0.2, -0.15) is 0 Å². The van der Waals surface area contributed by atoms with Crippen LogP contribution in [-0.2, 0) is 16.0 Å². The number of nitrogens with zero attached hydrogens (tertiary/aromatic N) is 3. The van der Waals surface area contributed by atoms with Crippen molar-refractivity contribution in [2.75, 3.05) is 62.4 Å². The molecule has 2 aromatic rings.